The Balaban J connectivity index is 1.61. The van der Waals surface area contributed by atoms with Gasteiger partial charge in [0.25, 0.3) is 0 Å². The maximum absolute atomic E-state index is 12.2. The highest BCUT2D eigenvalue weighted by Crippen LogP contribution is 2.24. The summed E-state index contributed by atoms with van der Waals surface area (Å²) in [7, 11) is 4.12. The van der Waals surface area contributed by atoms with Crippen LogP contribution in [0.2, 0.25) is 0 Å². The number of carbonyl (C=O) groups is 2. The zero-order valence-electron chi connectivity index (χ0n) is 13.9. The van der Waals surface area contributed by atoms with Crippen LogP contribution in [0.15, 0.2) is 0 Å². The highest BCUT2D eigenvalue weighted by Gasteiger charge is 2.25. The molecule has 0 unspecified atom stereocenters. The fourth-order valence-electron chi connectivity index (χ4n) is 3.36. The molecule has 1 aliphatic heterocycles. The Morgan fingerprint density at radius 2 is 1.73 bits per heavy atom. The number of amides is 3. The largest absolute Gasteiger partial charge is 0.354 e. The second kappa shape index (κ2) is 8.36. The first-order valence-corrected chi connectivity index (χ1v) is 8.55. The minimum Gasteiger partial charge on any atom is -0.354 e. The van der Waals surface area contributed by atoms with Gasteiger partial charge in [-0.2, -0.15) is 0 Å². The van der Waals surface area contributed by atoms with Crippen molar-refractivity contribution in [2.45, 2.75) is 44.6 Å². The van der Waals surface area contributed by atoms with Gasteiger partial charge >= 0.3 is 6.03 Å². The van der Waals surface area contributed by atoms with E-state index in [9.17, 15) is 9.59 Å². The highest BCUT2D eigenvalue weighted by molar-refractivity contribution is 5.79. The lowest BCUT2D eigenvalue weighted by Gasteiger charge is -2.36. The van der Waals surface area contributed by atoms with Crippen molar-refractivity contribution < 1.29 is 9.59 Å². The van der Waals surface area contributed by atoms with Gasteiger partial charge in [-0.15, -0.1) is 0 Å². The molecule has 6 nitrogen and oxygen atoms in total. The van der Waals surface area contributed by atoms with Crippen LogP contribution in [0.25, 0.3) is 0 Å². The van der Waals surface area contributed by atoms with Crippen molar-refractivity contribution in [2.75, 3.05) is 40.3 Å². The molecule has 1 atom stereocenters. The number of nitrogens with one attached hydrogen (secondary N) is 2. The summed E-state index contributed by atoms with van der Waals surface area (Å²) < 4.78 is 0. The van der Waals surface area contributed by atoms with E-state index in [1.165, 1.54) is 0 Å². The van der Waals surface area contributed by atoms with Gasteiger partial charge < -0.3 is 20.4 Å². The van der Waals surface area contributed by atoms with Crippen LogP contribution in [0.4, 0.5) is 4.79 Å². The van der Waals surface area contributed by atoms with E-state index < -0.39 is 0 Å². The van der Waals surface area contributed by atoms with Crippen LogP contribution in [-0.2, 0) is 4.79 Å². The van der Waals surface area contributed by atoms with Crippen molar-refractivity contribution in [3.8, 4) is 0 Å². The van der Waals surface area contributed by atoms with Crippen LogP contribution in [0.5, 0.6) is 0 Å². The van der Waals surface area contributed by atoms with Crippen molar-refractivity contribution in [2.24, 2.45) is 5.92 Å². The van der Waals surface area contributed by atoms with E-state index in [0.717, 1.165) is 51.6 Å². The van der Waals surface area contributed by atoms with E-state index in [4.69, 9.17) is 0 Å². The Morgan fingerprint density at radius 3 is 2.41 bits per heavy atom. The number of likely N-dealkylation sites (tertiary alicyclic amines) is 1. The fourth-order valence-corrected chi connectivity index (χ4v) is 3.36. The maximum Gasteiger partial charge on any atom is 0.317 e. The zero-order valence-corrected chi connectivity index (χ0v) is 13.9. The molecular formula is C16H30N4O2. The zero-order chi connectivity index (χ0) is 15.9. The van der Waals surface area contributed by atoms with E-state index >= 15 is 0 Å². The number of urea groups is 1. The van der Waals surface area contributed by atoms with Crippen molar-refractivity contribution >= 4 is 11.9 Å². The minimum atomic E-state index is -0.0123. The van der Waals surface area contributed by atoms with Gasteiger partial charge in [-0.25, -0.2) is 4.79 Å². The summed E-state index contributed by atoms with van der Waals surface area (Å²) in [6.45, 7) is 2.63. The molecule has 1 saturated carbocycles. The number of hydrogen-bond donors (Lipinski definition) is 2. The molecule has 0 spiro atoms. The first-order chi connectivity index (χ1) is 10.6. The SMILES string of the molecule is CN(C)[C@H]1CCCN(C(=O)NCCNC(=O)C2CCCC2)C1. The van der Waals surface area contributed by atoms with Crippen LogP contribution in [0, 0.1) is 5.92 Å². The summed E-state index contributed by atoms with van der Waals surface area (Å²) in [5.41, 5.74) is 0. The van der Waals surface area contributed by atoms with Gasteiger partial charge in [-0.1, -0.05) is 12.8 Å². The third-order valence-electron chi connectivity index (χ3n) is 4.84. The van der Waals surface area contributed by atoms with E-state index in [2.05, 4.69) is 29.6 Å². The number of rotatable bonds is 5. The number of hydrogen-bond acceptors (Lipinski definition) is 3. The summed E-state index contributed by atoms with van der Waals surface area (Å²) in [5, 5.41) is 5.84. The lowest BCUT2D eigenvalue weighted by atomic mass is 10.1. The summed E-state index contributed by atoms with van der Waals surface area (Å²) >= 11 is 0. The predicted molar refractivity (Wildman–Crippen MR) is 86.6 cm³/mol. The molecule has 0 aromatic rings. The predicted octanol–water partition coefficient (Wildman–Crippen LogP) is 1.03. The van der Waals surface area contributed by atoms with Crippen molar-refractivity contribution in [1.82, 2.24) is 20.4 Å². The van der Waals surface area contributed by atoms with Gasteiger partial charge in [0, 0.05) is 38.1 Å². The number of piperidine rings is 1. The normalized spacial score (nSPS) is 22.9. The summed E-state index contributed by atoms with van der Waals surface area (Å²) in [6, 6.07) is 0.434. The summed E-state index contributed by atoms with van der Waals surface area (Å²) in [6.07, 6.45) is 6.55. The van der Waals surface area contributed by atoms with Crippen LogP contribution >= 0.6 is 0 Å². The molecule has 2 N–H and O–H groups in total. The van der Waals surface area contributed by atoms with Crippen molar-refractivity contribution in [1.29, 1.82) is 0 Å². The van der Waals surface area contributed by atoms with Gasteiger partial charge in [0.05, 0.1) is 0 Å². The highest BCUT2D eigenvalue weighted by atomic mass is 16.2. The molecule has 126 valence electrons. The third kappa shape index (κ3) is 4.87. The van der Waals surface area contributed by atoms with Crippen LogP contribution < -0.4 is 10.6 Å². The topological polar surface area (TPSA) is 64.7 Å². The molecule has 0 aromatic carbocycles. The second-order valence-electron chi connectivity index (χ2n) is 6.71. The number of nitrogens with zero attached hydrogens (tertiary/aromatic N) is 2. The molecule has 3 amide bonds. The molecular weight excluding hydrogens is 280 g/mol. The van der Waals surface area contributed by atoms with Gasteiger partial charge in [-0.3, -0.25) is 4.79 Å². The van der Waals surface area contributed by atoms with E-state index in [-0.39, 0.29) is 17.9 Å². The molecule has 1 aliphatic carbocycles. The van der Waals surface area contributed by atoms with Gasteiger partial charge in [0.1, 0.15) is 0 Å². The standard InChI is InChI=1S/C16H30N4O2/c1-19(2)14-8-5-11-20(12-14)16(22)18-10-9-17-15(21)13-6-3-4-7-13/h13-14H,3-12H2,1-2H3,(H,17,21)(H,18,22)/t14-/m0/s1. The molecule has 0 aromatic heterocycles. The average molecular weight is 310 g/mol. The third-order valence-corrected chi connectivity index (χ3v) is 4.84. The van der Waals surface area contributed by atoms with Gasteiger partial charge in [-0.05, 0) is 39.8 Å². The first-order valence-electron chi connectivity index (χ1n) is 8.55. The van der Waals surface area contributed by atoms with E-state index in [0.29, 0.717) is 19.1 Å². The van der Waals surface area contributed by atoms with Crippen LogP contribution in [-0.4, -0.2) is 68.1 Å². The smallest absolute Gasteiger partial charge is 0.317 e. The Hall–Kier alpha value is -1.30. The lowest BCUT2D eigenvalue weighted by molar-refractivity contribution is -0.124. The quantitative estimate of drug-likeness (QED) is 0.746. The molecule has 2 rings (SSSR count). The van der Waals surface area contributed by atoms with Gasteiger partial charge in [0.15, 0.2) is 0 Å². The molecule has 22 heavy (non-hydrogen) atoms. The second-order valence-corrected chi connectivity index (χ2v) is 6.71. The number of carbonyl (C=O) groups excluding carboxylic acids is 2. The molecule has 1 heterocycles. The molecule has 2 aliphatic rings. The maximum atomic E-state index is 12.2. The summed E-state index contributed by atoms with van der Waals surface area (Å²) in [4.78, 5) is 28.1. The molecule has 0 bridgehead atoms. The average Bonchev–Trinajstić information content (AvgIpc) is 3.05. The van der Waals surface area contributed by atoms with Crippen LogP contribution in [0.3, 0.4) is 0 Å². The summed E-state index contributed by atoms with van der Waals surface area (Å²) in [5.74, 6) is 0.344. The lowest BCUT2D eigenvalue weighted by Crippen LogP contribution is -2.51. The Labute approximate surface area is 133 Å². The Morgan fingerprint density at radius 1 is 1.05 bits per heavy atom. The van der Waals surface area contributed by atoms with Crippen molar-refractivity contribution in [3.05, 3.63) is 0 Å². The first kappa shape index (κ1) is 17.1. The molecule has 1 saturated heterocycles. The van der Waals surface area contributed by atoms with Crippen molar-refractivity contribution in [3.63, 3.8) is 0 Å². The monoisotopic (exact) mass is 310 g/mol. The van der Waals surface area contributed by atoms with Gasteiger partial charge in [0.2, 0.25) is 5.91 Å². The fraction of sp³-hybridized carbons (Fsp3) is 0.875. The Kier molecular flexibility index (Phi) is 6.49. The molecule has 6 heteroatoms. The minimum absolute atomic E-state index is 0.0123. The Bertz CT molecular complexity index is 380. The number of likely N-dealkylation sites (N-methyl/N-ethyl adjacent to an activating group) is 1. The van der Waals surface area contributed by atoms with E-state index in [1.54, 1.807) is 0 Å². The van der Waals surface area contributed by atoms with Crippen LogP contribution in [0.1, 0.15) is 38.5 Å². The van der Waals surface area contributed by atoms with E-state index in [1.807, 2.05) is 4.90 Å². The molecule has 2 fully saturated rings. The molecule has 0 radical (unpaired) electrons.